The maximum absolute atomic E-state index is 11.8. The van der Waals surface area contributed by atoms with Crippen LogP contribution in [0.1, 0.15) is 26.7 Å². The summed E-state index contributed by atoms with van der Waals surface area (Å²) in [6.07, 6.45) is 0.653. The number of hydrogen-bond donors (Lipinski definition) is 1. The first kappa shape index (κ1) is 15.7. The minimum atomic E-state index is -3.76. The first-order valence-corrected chi connectivity index (χ1v) is 8.31. The van der Waals surface area contributed by atoms with Gasteiger partial charge < -0.3 is 4.74 Å². The molecule has 0 aromatic heterocycles. The van der Waals surface area contributed by atoms with Gasteiger partial charge in [-0.3, -0.25) is 0 Å². The van der Waals surface area contributed by atoms with Gasteiger partial charge in [0, 0.05) is 17.9 Å². The molecule has 1 aliphatic heterocycles. The molecule has 0 saturated carbocycles. The zero-order chi connectivity index (χ0) is 13.8. The number of rotatable bonds is 4. The first-order chi connectivity index (χ1) is 8.36. The Bertz CT molecular complexity index is 377. The summed E-state index contributed by atoms with van der Waals surface area (Å²) < 4.78 is 31.4. The number of halogens is 1. The van der Waals surface area contributed by atoms with E-state index in [1.165, 1.54) is 4.31 Å². The van der Waals surface area contributed by atoms with E-state index in [9.17, 15) is 13.2 Å². The number of alkyl halides is 1. The summed E-state index contributed by atoms with van der Waals surface area (Å²) in [6, 6.07) is 0. The van der Waals surface area contributed by atoms with E-state index in [0.29, 0.717) is 23.8 Å². The molecule has 1 heterocycles. The second-order valence-electron chi connectivity index (χ2n) is 4.24. The smallest absolute Gasteiger partial charge is 0.421 e. The fraction of sp³-hybridized carbons (Fsp3) is 0.900. The minimum Gasteiger partial charge on any atom is -0.449 e. The Morgan fingerprint density at radius 2 is 2.06 bits per heavy atom. The fourth-order valence-corrected chi connectivity index (χ4v) is 3.52. The minimum absolute atomic E-state index is 0.143. The molecule has 1 N–H and O–H groups in total. The highest BCUT2D eigenvalue weighted by Gasteiger charge is 2.30. The van der Waals surface area contributed by atoms with Crippen LogP contribution < -0.4 is 4.72 Å². The van der Waals surface area contributed by atoms with Crippen LogP contribution in [0.25, 0.3) is 0 Å². The number of hydrogen-bond acceptors (Lipinski definition) is 4. The molecule has 1 unspecified atom stereocenters. The average molecular weight is 343 g/mol. The Labute approximate surface area is 116 Å². The van der Waals surface area contributed by atoms with Crippen LogP contribution in [0.5, 0.6) is 0 Å². The van der Waals surface area contributed by atoms with E-state index in [1.807, 2.05) is 4.72 Å². The maximum Gasteiger partial charge on any atom is 0.421 e. The molecule has 1 amide bonds. The maximum atomic E-state index is 11.8. The van der Waals surface area contributed by atoms with Gasteiger partial charge in [-0.25, -0.2) is 9.52 Å². The van der Waals surface area contributed by atoms with Crippen molar-refractivity contribution in [1.82, 2.24) is 9.03 Å². The lowest BCUT2D eigenvalue weighted by Gasteiger charge is -2.32. The summed E-state index contributed by atoms with van der Waals surface area (Å²) in [4.78, 5) is 11.5. The quantitative estimate of drug-likeness (QED) is 0.785. The van der Waals surface area contributed by atoms with Gasteiger partial charge in [0.1, 0.15) is 0 Å². The van der Waals surface area contributed by atoms with Crippen LogP contribution in [0.3, 0.4) is 0 Å². The summed E-state index contributed by atoms with van der Waals surface area (Å²) in [5.74, 6) is 0.471. The zero-order valence-electron chi connectivity index (χ0n) is 10.6. The van der Waals surface area contributed by atoms with Gasteiger partial charge in [-0.2, -0.15) is 12.7 Å². The normalized spacial score (nSPS) is 20.4. The molecule has 0 aromatic carbocycles. The molecule has 1 saturated heterocycles. The molecule has 0 aliphatic carbocycles. The second-order valence-corrected chi connectivity index (χ2v) is 7.36. The first-order valence-electron chi connectivity index (χ1n) is 5.95. The van der Waals surface area contributed by atoms with Crippen molar-refractivity contribution in [3.63, 3.8) is 0 Å². The van der Waals surface area contributed by atoms with E-state index in [2.05, 4.69) is 27.6 Å². The molecule has 6 nitrogen and oxygen atoms in total. The van der Waals surface area contributed by atoms with Gasteiger partial charge in [0.25, 0.3) is 0 Å². The molecule has 1 fully saturated rings. The van der Waals surface area contributed by atoms with Gasteiger partial charge in [-0.1, -0.05) is 22.9 Å². The lowest BCUT2D eigenvalue weighted by atomic mass is 9.96. The fourth-order valence-electron chi connectivity index (χ4n) is 1.91. The zero-order valence-corrected chi connectivity index (χ0v) is 13.0. The number of nitrogens with one attached hydrogen (secondary N) is 1. The van der Waals surface area contributed by atoms with Gasteiger partial charge in [0.15, 0.2) is 0 Å². The number of ether oxygens (including phenoxy) is 1. The highest BCUT2D eigenvalue weighted by atomic mass is 79.9. The third-order valence-electron chi connectivity index (χ3n) is 2.98. The lowest BCUT2D eigenvalue weighted by Crippen LogP contribution is -2.47. The van der Waals surface area contributed by atoms with E-state index >= 15 is 0 Å². The Balaban J connectivity index is 2.53. The molecule has 18 heavy (non-hydrogen) atoms. The van der Waals surface area contributed by atoms with Gasteiger partial charge in [0.05, 0.1) is 6.61 Å². The van der Waals surface area contributed by atoms with Gasteiger partial charge >= 0.3 is 16.3 Å². The van der Waals surface area contributed by atoms with Gasteiger partial charge in [-0.05, 0) is 25.7 Å². The number of nitrogens with zero attached hydrogens (tertiary/aromatic N) is 1. The van der Waals surface area contributed by atoms with Gasteiger partial charge in [-0.15, -0.1) is 0 Å². The topological polar surface area (TPSA) is 75.7 Å². The van der Waals surface area contributed by atoms with Crippen molar-refractivity contribution in [2.75, 3.05) is 19.7 Å². The molecular weight excluding hydrogens is 324 g/mol. The predicted octanol–water partition coefficient (Wildman–Crippen LogP) is 1.47. The number of carbonyl (C=O) groups excluding carboxylic acids is 1. The van der Waals surface area contributed by atoms with Crippen molar-refractivity contribution >= 4 is 32.2 Å². The Kier molecular flexibility index (Phi) is 5.87. The highest BCUT2D eigenvalue weighted by molar-refractivity contribution is 9.09. The van der Waals surface area contributed by atoms with Gasteiger partial charge in [0.2, 0.25) is 0 Å². The number of piperidine rings is 1. The summed E-state index contributed by atoms with van der Waals surface area (Å²) in [7, 11) is -3.76. The van der Waals surface area contributed by atoms with Crippen LogP contribution in [-0.2, 0) is 14.9 Å². The van der Waals surface area contributed by atoms with E-state index < -0.39 is 16.3 Å². The number of amides is 1. The summed E-state index contributed by atoms with van der Waals surface area (Å²) >= 11 is 3.51. The Morgan fingerprint density at radius 3 is 2.50 bits per heavy atom. The van der Waals surface area contributed by atoms with E-state index in [-0.39, 0.29) is 6.61 Å². The van der Waals surface area contributed by atoms with Crippen LogP contribution in [0.2, 0.25) is 0 Å². The summed E-state index contributed by atoms with van der Waals surface area (Å²) in [5, 5.41) is 0. The number of carbonyl (C=O) groups is 1. The summed E-state index contributed by atoms with van der Waals surface area (Å²) in [6.45, 7) is 4.68. The van der Waals surface area contributed by atoms with Crippen molar-refractivity contribution in [1.29, 1.82) is 0 Å². The van der Waals surface area contributed by atoms with Crippen molar-refractivity contribution in [3.05, 3.63) is 0 Å². The summed E-state index contributed by atoms with van der Waals surface area (Å²) in [5.41, 5.74) is 0. The monoisotopic (exact) mass is 342 g/mol. The molecule has 0 bridgehead atoms. The lowest BCUT2D eigenvalue weighted by molar-refractivity contribution is 0.157. The molecule has 0 aromatic rings. The molecule has 1 atom stereocenters. The van der Waals surface area contributed by atoms with Crippen molar-refractivity contribution in [2.45, 2.75) is 31.5 Å². The molecule has 1 aliphatic rings. The Morgan fingerprint density at radius 1 is 1.50 bits per heavy atom. The highest BCUT2D eigenvalue weighted by Crippen LogP contribution is 2.25. The molecule has 1 rings (SSSR count). The van der Waals surface area contributed by atoms with Crippen LogP contribution in [-0.4, -0.2) is 43.3 Å². The molecule has 0 radical (unpaired) electrons. The van der Waals surface area contributed by atoms with E-state index in [4.69, 9.17) is 0 Å². The molecule has 8 heteroatoms. The SMILES string of the molecule is CCOC(=O)NS(=O)(=O)N1CCC(C(C)Br)CC1. The van der Waals surface area contributed by atoms with Crippen molar-refractivity contribution in [2.24, 2.45) is 5.92 Å². The third-order valence-corrected chi connectivity index (χ3v) is 5.19. The average Bonchev–Trinajstić information content (AvgIpc) is 2.28. The predicted molar refractivity (Wildman–Crippen MR) is 71.8 cm³/mol. The van der Waals surface area contributed by atoms with E-state index in [0.717, 1.165) is 12.8 Å². The third kappa shape index (κ3) is 4.40. The van der Waals surface area contributed by atoms with Crippen LogP contribution in [0.15, 0.2) is 0 Å². The van der Waals surface area contributed by atoms with Crippen molar-refractivity contribution < 1.29 is 17.9 Å². The molecule has 106 valence electrons. The Hall–Kier alpha value is -0.340. The van der Waals surface area contributed by atoms with Crippen LogP contribution >= 0.6 is 15.9 Å². The second kappa shape index (κ2) is 6.72. The largest absolute Gasteiger partial charge is 0.449 e. The van der Waals surface area contributed by atoms with Crippen LogP contribution in [0.4, 0.5) is 4.79 Å². The molecular formula is C10H19BrN2O4S. The van der Waals surface area contributed by atoms with E-state index in [1.54, 1.807) is 6.92 Å². The molecule has 0 spiro atoms. The van der Waals surface area contributed by atoms with Crippen molar-refractivity contribution in [3.8, 4) is 0 Å². The van der Waals surface area contributed by atoms with Crippen LogP contribution in [0, 0.1) is 5.92 Å². The standard InChI is InChI=1S/C10H19BrN2O4S/c1-3-17-10(14)12-18(15,16)13-6-4-9(5-7-13)8(2)11/h8-9H,3-7H2,1-2H3,(H,12,14).